The Kier molecular flexibility index (Phi) is 7.96. The molecule has 138 valence electrons. The van der Waals surface area contributed by atoms with Crippen LogP contribution in [0.5, 0.6) is 5.75 Å². The molecular formula is C20H23ClN2O3. The van der Waals surface area contributed by atoms with Gasteiger partial charge in [0.25, 0.3) is 5.91 Å². The Morgan fingerprint density at radius 3 is 2.31 bits per heavy atom. The van der Waals surface area contributed by atoms with Crippen molar-refractivity contribution in [2.45, 2.75) is 39.2 Å². The van der Waals surface area contributed by atoms with Crippen molar-refractivity contribution in [3.8, 4) is 5.75 Å². The summed E-state index contributed by atoms with van der Waals surface area (Å²) in [4.78, 5) is 23.6. The van der Waals surface area contributed by atoms with Crippen molar-refractivity contribution >= 4 is 23.4 Å². The van der Waals surface area contributed by atoms with Crippen LogP contribution in [0.2, 0.25) is 5.02 Å². The second kappa shape index (κ2) is 10.5. The molecule has 6 heteroatoms. The highest BCUT2D eigenvalue weighted by Gasteiger charge is 2.07. The molecule has 0 fully saturated rings. The van der Waals surface area contributed by atoms with Crippen LogP contribution in [0.4, 0.5) is 0 Å². The van der Waals surface area contributed by atoms with E-state index in [9.17, 15) is 9.59 Å². The van der Waals surface area contributed by atoms with E-state index in [1.165, 1.54) is 0 Å². The second-order valence-electron chi connectivity index (χ2n) is 5.90. The smallest absolute Gasteiger partial charge is 0.269 e. The highest BCUT2D eigenvalue weighted by molar-refractivity contribution is 6.30. The van der Waals surface area contributed by atoms with E-state index in [-0.39, 0.29) is 11.8 Å². The van der Waals surface area contributed by atoms with Gasteiger partial charge in [0.15, 0.2) is 0 Å². The number of ether oxygens (including phenoxy) is 1. The minimum absolute atomic E-state index is 0.181. The standard InChI is InChI=1S/C20H23ClN2O3/c1-2-3-4-5-19(24)22-23-20(25)16-8-6-15(7-9-16)14-26-18-12-10-17(21)11-13-18/h6-13H,2-5,14H2,1H3,(H,22,24)(H,23,25). The highest BCUT2D eigenvalue weighted by atomic mass is 35.5. The molecule has 2 aromatic carbocycles. The Labute approximate surface area is 158 Å². The molecule has 0 bridgehead atoms. The molecule has 26 heavy (non-hydrogen) atoms. The minimum atomic E-state index is -0.348. The van der Waals surface area contributed by atoms with Crippen LogP contribution in [-0.2, 0) is 11.4 Å². The van der Waals surface area contributed by atoms with Crippen molar-refractivity contribution in [2.75, 3.05) is 0 Å². The molecule has 2 N–H and O–H groups in total. The van der Waals surface area contributed by atoms with Crippen LogP contribution in [0.3, 0.4) is 0 Å². The van der Waals surface area contributed by atoms with Crippen molar-refractivity contribution < 1.29 is 14.3 Å². The third-order valence-electron chi connectivity index (χ3n) is 3.76. The van der Waals surface area contributed by atoms with E-state index in [1.807, 2.05) is 12.1 Å². The third kappa shape index (κ3) is 6.76. The summed E-state index contributed by atoms with van der Waals surface area (Å²) in [6, 6.07) is 14.1. The number of carbonyl (C=O) groups excluding carboxylic acids is 2. The largest absolute Gasteiger partial charge is 0.489 e. The molecule has 2 rings (SSSR count). The highest BCUT2D eigenvalue weighted by Crippen LogP contribution is 2.17. The Morgan fingerprint density at radius 1 is 0.962 bits per heavy atom. The van der Waals surface area contributed by atoms with Gasteiger partial charge in [0.1, 0.15) is 12.4 Å². The molecule has 0 atom stereocenters. The van der Waals surface area contributed by atoms with E-state index in [4.69, 9.17) is 16.3 Å². The molecule has 0 aliphatic carbocycles. The summed E-state index contributed by atoms with van der Waals surface area (Å²) in [5.74, 6) is 0.195. The maximum Gasteiger partial charge on any atom is 0.269 e. The minimum Gasteiger partial charge on any atom is -0.489 e. The van der Waals surface area contributed by atoms with Crippen molar-refractivity contribution in [1.29, 1.82) is 0 Å². The zero-order valence-corrected chi connectivity index (χ0v) is 15.5. The Balaban J connectivity index is 1.77. The summed E-state index contributed by atoms with van der Waals surface area (Å²) in [6.07, 6.45) is 3.28. The van der Waals surface area contributed by atoms with Crippen LogP contribution in [0, 0.1) is 0 Å². The first-order valence-corrected chi connectivity index (χ1v) is 9.02. The second-order valence-corrected chi connectivity index (χ2v) is 6.34. The quantitative estimate of drug-likeness (QED) is 0.536. The average molecular weight is 375 g/mol. The molecule has 2 amide bonds. The summed E-state index contributed by atoms with van der Waals surface area (Å²) >= 11 is 5.83. The van der Waals surface area contributed by atoms with Crippen LogP contribution < -0.4 is 15.6 Å². The first kappa shape index (κ1) is 19.8. The van der Waals surface area contributed by atoms with Gasteiger partial charge >= 0.3 is 0 Å². The lowest BCUT2D eigenvalue weighted by molar-refractivity contribution is -0.121. The third-order valence-corrected chi connectivity index (χ3v) is 4.01. The topological polar surface area (TPSA) is 67.4 Å². The van der Waals surface area contributed by atoms with Gasteiger partial charge < -0.3 is 4.74 Å². The lowest BCUT2D eigenvalue weighted by Crippen LogP contribution is -2.41. The predicted molar refractivity (Wildman–Crippen MR) is 102 cm³/mol. The fourth-order valence-corrected chi connectivity index (χ4v) is 2.37. The summed E-state index contributed by atoms with van der Waals surface area (Å²) < 4.78 is 5.66. The number of hydrazine groups is 1. The van der Waals surface area contributed by atoms with Crippen LogP contribution in [0.1, 0.15) is 48.5 Å². The van der Waals surface area contributed by atoms with E-state index in [1.54, 1.807) is 36.4 Å². The van der Waals surface area contributed by atoms with Crippen molar-refractivity contribution in [3.05, 3.63) is 64.7 Å². The molecule has 0 saturated carbocycles. The van der Waals surface area contributed by atoms with Gasteiger partial charge in [-0.1, -0.05) is 43.5 Å². The molecule has 5 nitrogen and oxygen atoms in total. The van der Waals surface area contributed by atoms with E-state index >= 15 is 0 Å². The van der Waals surface area contributed by atoms with Gasteiger partial charge in [-0.3, -0.25) is 20.4 Å². The van der Waals surface area contributed by atoms with Crippen LogP contribution in [-0.4, -0.2) is 11.8 Å². The van der Waals surface area contributed by atoms with Crippen LogP contribution in [0.25, 0.3) is 0 Å². The van der Waals surface area contributed by atoms with Crippen molar-refractivity contribution in [1.82, 2.24) is 10.9 Å². The SMILES string of the molecule is CCCCCC(=O)NNC(=O)c1ccc(COc2ccc(Cl)cc2)cc1. The van der Waals surface area contributed by atoms with Crippen LogP contribution in [0.15, 0.2) is 48.5 Å². The number of carbonyl (C=O) groups is 2. The summed E-state index contributed by atoms with van der Waals surface area (Å²) in [5, 5.41) is 0.658. The molecular weight excluding hydrogens is 352 g/mol. The van der Waals surface area contributed by atoms with Gasteiger partial charge in [-0.25, -0.2) is 0 Å². The van der Waals surface area contributed by atoms with Gasteiger partial charge in [-0.2, -0.15) is 0 Å². The molecule has 0 aromatic heterocycles. The van der Waals surface area contributed by atoms with Crippen molar-refractivity contribution in [2.24, 2.45) is 0 Å². The monoisotopic (exact) mass is 374 g/mol. The lowest BCUT2D eigenvalue weighted by atomic mass is 10.1. The normalized spacial score (nSPS) is 10.2. The summed E-state index contributed by atoms with van der Waals surface area (Å²) in [6.45, 7) is 2.46. The summed E-state index contributed by atoms with van der Waals surface area (Å²) in [5.41, 5.74) is 6.26. The number of hydrogen-bond donors (Lipinski definition) is 2. The predicted octanol–water partition coefficient (Wildman–Crippen LogP) is 4.26. The zero-order chi connectivity index (χ0) is 18.8. The van der Waals surface area contributed by atoms with Gasteiger partial charge in [-0.15, -0.1) is 0 Å². The first-order chi connectivity index (χ1) is 12.6. The first-order valence-electron chi connectivity index (χ1n) is 8.65. The zero-order valence-electron chi connectivity index (χ0n) is 14.8. The average Bonchev–Trinajstić information content (AvgIpc) is 2.66. The van der Waals surface area contributed by atoms with E-state index in [2.05, 4.69) is 17.8 Å². The van der Waals surface area contributed by atoms with E-state index in [0.29, 0.717) is 23.6 Å². The maximum atomic E-state index is 12.0. The molecule has 0 saturated heterocycles. The fourth-order valence-electron chi connectivity index (χ4n) is 2.25. The number of rotatable bonds is 8. The molecule has 0 unspecified atom stereocenters. The number of hydrogen-bond acceptors (Lipinski definition) is 3. The van der Waals surface area contributed by atoms with Gasteiger partial charge in [0, 0.05) is 17.0 Å². The Bertz CT molecular complexity index is 715. The van der Waals surface area contributed by atoms with Gasteiger partial charge in [0.05, 0.1) is 0 Å². The molecule has 0 aliphatic heterocycles. The lowest BCUT2D eigenvalue weighted by Gasteiger charge is -2.09. The molecule has 0 radical (unpaired) electrons. The maximum absolute atomic E-state index is 12.0. The number of unbranched alkanes of at least 4 members (excludes halogenated alkanes) is 2. The number of nitrogens with one attached hydrogen (secondary N) is 2. The summed E-state index contributed by atoms with van der Waals surface area (Å²) in [7, 11) is 0. The number of amides is 2. The van der Waals surface area contributed by atoms with E-state index < -0.39 is 0 Å². The number of halogens is 1. The fraction of sp³-hybridized carbons (Fsp3) is 0.300. The molecule has 0 spiro atoms. The Hall–Kier alpha value is -2.53. The van der Waals surface area contributed by atoms with Gasteiger partial charge in [0.2, 0.25) is 5.91 Å². The van der Waals surface area contributed by atoms with E-state index in [0.717, 1.165) is 30.6 Å². The van der Waals surface area contributed by atoms with Crippen LogP contribution >= 0.6 is 11.6 Å². The molecule has 2 aromatic rings. The number of benzene rings is 2. The van der Waals surface area contributed by atoms with Crippen molar-refractivity contribution in [3.63, 3.8) is 0 Å². The van der Waals surface area contributed by atoms with Gasteiger partial charge in [-0.05, 0) is 48.4 Å². The molecule has 0 aliphatic rings. The Morgan fingerprint density at radius 2 is 1.65 bits per heavy atom. The molecule has 0 heterocycles.